The average molecular weight is 636 g/mol. The van der Waals surface area contributed by atoms with Gasteiger partial charge in [-0.2, -0.15) is 15.8 Å². The zero-order valence-electron chi connectivity index (χ0n) is 26.7. The van der Waals surface area contributed by atoms with Crippen molar-refractivity contribution in [3.8, 4) is 51.8 Å². The van der Waals surface area contributed by atoms with Crippen molar-refractivity contribution in [3.05, 3.63) is 168 Å². The average Bonchev–Trinajstić information content (AvgIpc) is 3.69. The van der Waals surface area contributed by atoms with Crippen LogP contribution < -0.4 is 0 Å². The summed E-state index contributed by atoms with van der Waals surface area (Å²) in [4.78, 5) is 0. The zero-order chi connectivity index (χ0) is 33.8. The topological polar surface area (TPSA) is 81.2 Å². The minimum atomic E-state index is 0.455. The Labute approximate surface area is 287 Å². The van der Waals surface area contributed by atoms with Crippen LogP contribution in [-0.2, 0) is 0 Å². The zero-order valence-corrected chi connectivity index (χ0v) is 26.7. The number of rotatable bonds is 4. The van der Waals surface area contributed by atoms with E-state index in [2.05, 4.69) is 124 Å². The van der Waals surface area contributed by atoms with Crippen LogP contribution in [0.4, 0.5) is 0 Å². The van der Waals surface area contributed by atoms with Gasteiger partial charge in [0.2, 0.25) is 0 Å². The van der Waals surface area contributed by atoms with Crippen molar-refractivity contribution in [2.45, 2.75) is 0 Å². The quantitative estimate of drug-likeness (QED) is 0.193. The standard InChI is InChI=1S/C45H25N5/c46-26-31-9-4-5-14-36(31)29-18-21-42-39(23-29)38-20-17-30(45-32(27-47)10-8-11-33(45)28-48)24-44(38)50(42)35-19-22-43-40(25-35)37-15-6-7-16-41(37)49(43)34-12-2-1-3-13-34/h1-25H. The number of nitriles is 3. The van der Waals surface area contributed by atoms with E-state index in [4.69, 9.17) is 0 Å². The van der Waals surface area contributed by atoms with Gasteiger partial charge in [-0.3, -0.25) is 0 Å². The lowest BCUT2D eigenvalue weighted by atomic mass is 9.94. The molecule has 2 aromatic heterocycles. The van der Waals surface area contributed by atoms with Crippen molar-refractivity contribution < 1.29 is 0 Å². The molecule has 50 heavy (non-hydrogen) atoms. The maximum Gasteiger partial charge on any atom is 0.0998 e. The minimum absolute atomic E-state index is 0.455. The van der Waals surface area contributed by atoms with E-state index < -0.39 is 0 Å². The molecule has 9 aromatic rings. The number of fused-ring (bicyclic) bond motifs is 6. The van der Waals surface area contributed by atoms with Crippen LogP contribution in [0.3, 0.4) is 0 Å². The van der Waals surface area contributed by atoms with Crippen molar-refractivity contribution in [2.75, 3.05) is 0 Å². The smallest absolute Gasteiger partial charge is 0.0998 e. The van der Waals surface area contributed by atoms with E-state index in [0.717, 1.165) is 71.7 Å². The van der Waals surface area contributed by atoms with Gasteiger partial charge in [-0.1, -0.05) is 78.9 Å². The SMILES string of the molecule is N#Cc1ccccc1-c1ccc2c(c1)c1ccc(-c3c(C#N)cccc3C#N)cc1n2-c1ccc2c(c1)c1ccccc1n2-c1ccccc1. The molecule has 2 heterocycles. The molecule has 230 valence electrons. The molecule has 0 radical (unpaired) electrons. The second kappa shape index (κ2) is 11.4. The number of para-hydroxylation sites is 2. The molecule has 5 heteroatoms. The molecule has 0 atom stereocenters. The summed E-state index contributed by atoms with van der Waals surface area (Å²) in [6.45, 7) is 0. The van der Waals surface area contributed by atoms with E-state index in [-0.39, 0.29) is 0 Å². The molecule has 0 saturated heterocycles. The van der Waals surface area contributed by atoms with E-state index in [1.807, 2.05) is 36.4 Å². The van der Waals surface area contributed by atoms with Gasteiger partial charge < -0.3 is 9.13 Å². The molecule has 7 aromatic carbocycles. The maximum absolute atomic E-state index is 10.0. The molecule has 0 amide bonds. The third-order valence-corrected chi connectivity index (χ3v) is 9.65. The first-order valence-corrected chi connectivity index (χ1v) is 16.3. The van der Waals surface area contributed by atoms with Gasteiger partial charge in [-0.15, -0.1) is 0 Å². The lowest BCUT2D eigenvalue weighted by molar-refractivity contribution is 1.17. The predicted molar refractivity (Wildman–Crippen MR) is 200 cm³/mol. The molecule has 0 aliphatic heterocycles. The monoisotopic (exact) mass is 635 g/mol. The van der Waals surface area contributed by atoms with Crippen molar-refractivity contribution in [1.29, 1.82) is 15.8 Å². The fraction of sp³-hybridized carbons (Fsp3) is 0. The van der Waals surface area contributed by atoms with Crippen LogP contribution >= 0.6 is 0 Å². The summed E-state index contributed by atoms with van der Waals surface area (Å²) < 4.78 is 4.57. The largest absolute Gasteiger partial charge is 0.309 e. The molecule has 0 aliphatic rings. The van der Waals surface area contributed by atoms with Crippen LogP contribution in [0.25, 0.3) is 77.2 Å². The van der Waals surface area contributed by atoms with E-state index in [1.54, 1.807) is 18.2 Å². The summed E-state index contributed by atoms with van der Waals surface area (Å²) in [6.07, 6.45) is 0. The number of benzene rings is 7. The highest BCUT2D eigenvalue weighted by Gasteiger charge is 2.19. The van der Waals surface area contributed by atoms with Crippen LogP contribution in [0.5, 0.6) is 0 Å². The molecule has 0 N–H and O–H groups in total. The van der Waals surface area contributed by atoms with Crippen LogP contribution in [0.1, 0.15) is 16.7 Å². The number of hydrogen-bond acceptors (Lipinski definition) is 3. The van der Waals surface area contributed by atoms with Crippen LogP contribution in [0.2, 0.25) is 0 Å². The van der Waals surface area contributed by atoms with E-state index >= 15 is 0 Å². The molecule has 0 bridgehead atoms. The molecule has 0 unspecified atom stereocenters. The van der Waals surface area contributed by atoms with Gasteiger partial charge in [-0.05, 0) is 89.5 Å². The fourth-order valence-electron chi connectivity index (χ4n) is 7.46. The van der Waals surface area contributed by atoms with Gasteiger partial charge in [0.25, 0.3) is 0 Å². The molecule has 0 saturated carbocycles. The molecular weight excluding hydrogens is 611 g/mol. The van der Waals surface area contributed by atoms with Gasteiger partial charge in [0.05, 0.1) is 57.0 Å². The summed E-state index contributed by atoms with van der Waals surface area (Å²) in [5, 5.41) is 34.3. The highest BCUT2D eigenvalue weighted by molar-refractivity contribution is 6.13. The Morgan fingerprint density at radius 1 is 0.360 bits per heavy atom. The maximum atomic E-state index is 10.0. The minimum Gasteiger partial charge on any atom is -0.309 e. The van der Waals surface area contributed by atoms with Gasteiger partial charge in [0, 0.05) is 38.5 Å². The molecule has 5 nitrogen and oxygen atoms in total. The first kappa shape index (κ1) is 28.8. The fourth-order valence-corrected chi connectivity index (χ4v) is 7.46. The molecule has 0 fully saturated rings. The van der Waals surface area contributed by atoms with E-state index in [1.165, 1.54) is 0 Å². The summed E-state index contributed by atoms with van der Waals surface area (Å²) in [5.41, 5.74) is 11.1. The third kappa shape index (κ3) is 4.31. The molecule has 0 spiro atoms. The van der Waals surface area contributed by atoms with Gasteiger partial charge in [-0.25, -0.2) is 0 Å². The van der Waals surface area contributed by atoms with Crippen LogP contribution in [0.15, 0.2) is 152 Å². The first-order chi connectivity index (χ1) is 24.7. The highest BCUT2D eigenvalue weighted by atomic mass is 15.0. The van der Waals surface area contributed by atoms with Crippen LogP contribution in [0, 0.1) is 34.0 Å². The van der Waals surface area contributed by atoms with Crippen molar-refractivity contribution in [2.24, 2.45) is 0 Å². The summed E-state index contributed by atoms with van der Waals surface area (Å²) in [6, 6.07) is 57.9. The second-order valence-corrected chi connectivity index (χ2v) is 12.3. The Morgan fingerprint density at radius 2 is 0.940 bits per heavy atom. The van der Waals surface area contributed by atoms with Gasteiger partial charge in [0.1, 0.15) is 0 Å². The number of hydrogen-bond donors (Lipinski definition) is 0. The Hall–Kier alpha value is -7.39. The van der Waals surface area contributed by atoms with Gasteiger partial charge >= 0.3 is 0 Å². The third-order valence-electron chi connectivity index (χ3n) is 9.65. The van der Waals surface area contributed by atoms with Crippen molar-refractivity contribution in [3.63, 3.8) is 0 Å². The Balaban J connectivity index is 1.36. The Morgan fingerprint density at radius 3 is 1.72 bits per heavy atom. The number of aromatic nitrogens is 2. The molecular formula is C45H25N5. The lowest BCUT2D eigenvalue weighted by Gasteiger charge is -2.12. The summed E-state index contributed by atoms with van der Waals surface area (Å²) in [7, 11) is 0. The Bertz CT molecular complexity index is 2930. The second-order valence-electron chi connectivity index (χ2n) is 12.3. The van der Waals surface area contributed by atoms with Gasteiger partial charge in [0.15, 0.2) is 0 Å². The first-order valence-electron chi connectivity index (χ1n) is 16.3. The molecule has 9 rings (SSSR count). The number of nitrogens with zero attached hydrogens (tertiary/aromatic N) is 5. The Kier molecular flexibility index (Phi) is 6.56. The predicted octanol–water partition coefficient (Wildman–Crippen LogP) is 10.8. The van der Waals surface area contributed by atoms with E-state index in [9.17, 15) is 15.8 Å². The lowest BCUT2D eigenvalue weighted by Crippen LogP contribution is -1.96. The normalized spacial score (nSPS) is 11.1. The summed E-state index contributed by atoms with van der Waals surface area (Å²) >= 11 is 0. The van der Waals surface area contributed by atoms with E-state index in [0.29, 0.717) is 22.3 Å². The van der Waals surface area contributed by atoms with Crippen LogP contribution in [-0.4, -0.2) is 9.13 Å². The van der Waals surface area contributed by atoms with Crippen molar-refractivity contribution >= 4 is 43.6 Å². The highest BCUT2D eigenvalue weighted by Crippen LogP contribution is 2.40. The summed E-state index contributed by atoms with van der Waals surface area (Å²) in [5.74, 6) is 0. The molecule has 0 aliphatic carbocycles. The van der Waals surface area contributed by atoms with Crippen molar-refractivity contribution in [1.82, 2.24) is 9.13 Å².